The van der Waals surface area contributed by atoms with Crippen LogP contribution in [-0.2, 0) is 27.4 Å². The first-order valence-corrected chi connectivity index (χ1v) is 8.54. The molecule has 0 radical (unpaired) electrons. The number of esters is 1. The molecule has 0 aliphatic rings. The van der Waals surface area contributed by atoms with Crippen LogP contribution < -0.4 is 0 Å². The minimum atomic E-state index is -0.728. The third kappa shape index (κ3) is 4.66. The smallest absolute Gasteiger partial charge is 0.349 e. The van der Waals surface area contributed by atoms with Gasteiger partial charge in [-0.3, -0.25) is 0 Å². The van der Waals surface area contributed by atoms with E-state index in [4.69, 9.17) is 21.1 Å². The number of carbonyl (C=O) groups excluding carboxylic acids is 1. The molecule has 7 nitrogen and oxygen atoms in total. The van der Waals surface area contributed by atoms with Crippen LogP contribution in [0.2, 0.25) is 4.34 Å². The van der Waals surface area contributed by atoms with Gasteiger partial charge in [0, 0.05) is 36.6 Å². The van der Waals surface area contributed by atoms with E-state index in [1.807, 2.05) is 26.0 Å². The summed E-state index contributed by atoms with van der Waals surface area (Å²) in [6, 6.07) is 3.79. The molecule has 0 N–H and O–H groups in total. The molecule has 132 valence electrons. The Kier molecular flexibility index (Phi) is 6.70. The Hall–Kier alpha value is -2.21. The number of aryl methyl sites for hydroxylation is 1. The molecule has 2 rings (SSSR count). The van der Waals surface area contributed by atoms with Crippen molar-refractivity contribution in [3.63, 3.8) is 0 Å². The number of methoxy groups -OCH3 is 1. The van der Waals surface area contributed by atoms with Crippen LogP contribution in [0.25, 0.3) is 6.08 Å². The lowest BCUT2D eigenvalue weighted by Crippen LogP contribution is -2.08. The molecule has 0 aliphatic carbocycles. The van der Waals surface area contributed by atoms with Gasteiger partial charge >= 0.3 is 5.97 Å². The van der Waals surface area contributed by atoms with E-state index in [-0.39, 0.29) is 12.2 Å². The number of ether oxygens (including phenoxy) is 2. The lowest BCUT2D eigenvalue weighted by Gasteiger charge is -2.08. The summed E-state index contributed by atoms with van der Waals surface area (Å²) in [5, 5.41) is 13.0. The second-order valence-corrected chi connectivity index (χ2v) is 6.57. The Bertz CT molecular complexity index is 835. The van der Waals surface area contributed by atoms with Crippen molar-refractivity contribution in [1.29, 1.82) is 5.26 Å². The van der Waals surface area contributed by atoms with Crippen molar-refractivity contribution in [2.45, 2.75) is 27.0 Å². The number of nitriles is 1. The number of aromatic nitrogens is 3. The van der Waals surface area contributed by atoms with Crippen LogP contribution in [0.1, 0.15) is 22.6 Å². The zero-order valence-corrected chi connectivity index (χ0v) is 15.6. The lowest BCUT2D eigenvalue weighted by atomic mass is 10.1. The Morgan fingerprint density at radius 3 is 2.88 bits per heavy atom. The molecule has 2 aromatic heterocycles. The van der Waals surface area contributed by atoms with E-state index in [1.165, 1.54) is 6.08 Å². The van der Waals surface area contributed by atoms with E-state index in [2.05, 4.69) is 14.2 Å². The predicted octanol–water partition coefficient (Wildman–Crippen LogP) is 2.91. The third-order valence-corrected chi connectivity index (χ3v) is 4.61. The molecule has 0 amide bonds. The van der Waals surface area contributed by atoms with Crippen LogP contribution in [0.4, 0.5) is 0 Å². The molecule has 2 aromatic rings. The van der Waals surface area contributed by atoms with Gasteiger partial charge in [-0.1, -0.05) is 16.1 Å². The van der Waals surface area contributed by atoms with Gasteiger partial charge in [0.1, 0.15) is 28.3 Å². The van der Waals surface area contributed by atoms with Gasteiger partial charge in [0.05, 0.1) is 6.61 Å². The van der Waals surface area contributed by atoms with Gasteiger partial charge in [-0.25, -0.2) is 4.79 Å². The average Bonchev–Trinajstić information content (AvgIpc) is 3.12. The Morgan fingerprint density at radius 2 is 2.28 bits per heavy atom. The lowest BCUT2D eigenvalue weighted by molar-refractivity contribution is -0.139. The molecule has 0 saturated heterocycles. The van der Waals surface area contributed by atoms with Gasteiger partial charge in [-0.05, 0) is 31.6 Å². The maximum absolute atomic E-state index is 12.1. The second-order valence-electron chi connectivity index (χ2n) is 5.21. The number of halogens is 1. The van der Waals surface area contributed by atoms with Gasteiger partial charge in [0.15, 0.2) is 0 Å². The molecule has 0 fully saturated rings. The third-order valence-electron chi connectivity index (χ3n) is 3.62. The normalized spacial score (nSPS) is 11.4. The molecule has 25 heavy (non-hydrogen) atoms. The summed E-state index contributed by atoms with van der Waals surface area (Å²) >= 11 is 6.86. The summed E-state index contributed by atoms with van der Waals surface area (Å²) in [4.78, 5) is 12.1. The molecule has 0 unspecified atom stereocenters. The average molecular weight is 381 g/mol. The maximum Gasteiger partial charge on any atom is 0.349 e. The first-order valence-electron chi connectivity index (χ1n) is 7.39. The van der Waals surface area contributed by atoms with Crippen LogP contribution in [0.15, 0.2) is 11.6 Å². The van der Waals surface area contributed by atoms with Crippen molar-refractivity contribution in [3.8, 4) is 6.07 Å². The highest BCUT2D eigenvalue weighted by molar-refractivity contribution is 7.10. The standard InChI is InChI=1S/C16H17ClN4O3S/c1-10-6-12(11(2)21(10)4-5-23-3)7-13(8-18)16(22)24-9-14-15(17)25-20-19-14/h6-7H,4-5,9H2,1-3H3/b13-7+. The topological polar surface area (TPSA) is 90.0 Å². The fraction of sp³-hybridized carbons (Fsp3) is 0.375. The van der Waals surface area contributed by atoms with Crippen LogP contribution in [0.3, 0.4) is 0 Å². The van der Waals surface area contributed by atoms with Crippen LogP contribution >= 0.6 is 23.1 Å². The fourth-order valence-corrected chi connectivity index (χ4v) is 2.89. The van der Waals surface area contributed by atoms with E-state index in [0.29, 0.717) is 23.2 Å². The summed E-state index contributed by atoms with van der Waals surface area (Å²) < 4.78 is 16.3. The van der Waals surface area contributed by atoms with Gasteiger partial charge < -0.3 is 14.0 Å². The molecule has 9 heteroatoms. The first-order chi connectivity index (χ1) is 12.0. The highest BCUT2D eigenvalue weighted by Gasteiger charge is 2.16. The minimum absolute atomic E-state index is 0.0914. The van der Waals surface area contributed by atoms with Crippen molar-refractivity contribution in [3.05, 3.63) is 38.6 Å². The molecule has 0 saturated carbocycles. The van der Waals surface area contributed by atoms with Crippen LogP contribution in [0.5, 0.6) is 0 Å². The van der Waals surface area contributed by atoms with Crippen LogP contribution in [-0.4, -0.2) is 33.8 Å². The van der Waals surface area contributed by atoms with Crippen molar-refractivity contribution in [2.24, 2.45) is 0 Å². The first kappa shape index (κ1) is 19.1. The molecular weight excluding hydrogens is 364 g/mol. The molecule has 2 heterocycles. The van der Waals surface area contributed by atoms with Crippen LogP contribution in [0, 0.1) is 25.2 Å². The van der Waals surface area contributed by atoms with Crippen molar-refractivity contribution in [2.75, 3.05) is 13.7 Å². The SMILES string of the molecule is COCCn1c(C)cc(/C=C(\C#N)C(=O)OCc2nnsc2Cl)c1C. The van der Waals surface area contributed by atoms with E-state index in [1.54, 1.807) is 7.11 Å². The summed E-state index contributed by atoms with van der Waals surface area (Å²) in [6.07, 6.45) is 1.52. The molecule has 0 aliphatic heterocycles. The number of hydrogen-bond donors (Lipinski definition) is 0. The largest absolute Gasteiger partial charge is 0.455 e. The van der Waals surface area contributed by atoms with E-state index in [0.717, 1.165) is 28.5 Å². The number of hydrogen-bond acceptors (Lipinski definition) is 7. The van der Waals surface area contributed by atoms with E-state index >= 15 is 0 Å². The summed E-state index contributed by atoms with van der Waals surface area (Å²) in [5.74, 6) is -0.728. The quantitative estimate of drug-likeness (QED) is 0.416. The zero-order valence-electron chi connectivity index (χ0n) is 14.1. The van der Waals surface area contributed by atoms with Crippen molar-refractivity contribution >= 4 is 35.2 Å². The maximum atomic E-state index is 12.1. The summed E-state index contributed by atoms with van der Waals surface area (Å²) in [6.45, 7) is 5.04. The molecule has 0 bridgehead atoms. The number of carbonyl (C=O) groups is 1. The number of nitrogens with zero attached hydrogens (tertiary/aromatic N) is 4. The highest BCUT2D eigenvalue weighted by atomic mass is 35.5. The monoisotopic (exact) mass is 380 g/mol. The molecule has 0 atom stereocenters. The van der Waals surface area contributed by atoms with Gasteiger partial charge in [-0.2, -0.15) is 5.26 Å². The van der Waals surface area contributed by atoms with E-state index < -0.39 is 5.97 Å². The Labute approximate surface area is 154 Å². The summed E-state index contributed by atoms with van der Waals surface area (Å²) in [7, 11) is 1.64. The zero-order chi connectivity index (χ0) is 18.4. The molecule has 0 spiro atoms. The van der Waals surface area contributed by atoms with E-state index in [9.17, 15) is 10.1 Å². The van der Waals surface area contributed by atoms with Crippen molar-refractivity contribution < 1.29 is 14.3 Å². The Morgan fingerprint density at radius 1 is 1.52 bits per heavy atom. The van der Waals surface area contributed by atoms with Crippen molar-refractivity contribution in [1.82, 2.24) is 14.2 Å². The molecule has 0 aromatic carbocycles. The fourth-order valence-electron chi connectivity index (χ4n) is 2.29. The predicted molar refractivity (Wildman–Crippen MR) is 94.1 cm³/mol. The second kappa shape index (κ2) is 8.76. The minimum Gasteiger partial charge on any atom is -0.455 e. The van der Waals surface area contributed by atoms with Gasteiger partial charge in [0.2, 0.25) is 0 Å². The molecular formula is C16H17ClN4O3S. The number of rotatable bonds is 7. The highest BCUT2D eigenvalue weighted by Crippen LogP contribution is 2.20. The van der Waals surface area contributed by atoms with Gasteiger partial charge in [-0.15, -0.1) is 5.10 Å². The Balaban J connectivity index is 2.15. The summed E-state index contributed by atoms with van der Waals surface area (Å²) in [5.41, 5.74) is 3.03. The van der Waals surface area contributed by atoms with Gasteiger partial charge in [0.25, 0.3) is 0 Å².